The van der Waals surface area contributed by atoms with Crippen LogP contribution in [0.1, 0.15) is 25.3 Å². The standard InChI is InChI=1S/C15H22N2O4S.ClH/c1-2-22(18,19)17-8-6-13(7-9-17)16-10-12-4-3-5-14-15(12)21-11-20-14;/h3-5,13,16H,2,6-11H2,1H3;1H. The third-order valence-corrected chi connectivity index (χ3v) is 6.15. The SMILES string of the molecule is CCS(=O)(=O)N1CCC(NCc2cccc3c2OCO3)CC1.Cl. The highest BCUT2D eigenvalue weighted by molar-refractivity contribution is 7.89. The molecule has 2 aliphatic rings. The van der Waals surface area contributed by atoms with Gasteiger partial charge in [-0.25, -0.2) is 12.7 Å². The maximum absolute atomic E-state index is 11.8. The Morgan fingerprint density at radius 1 is 1.26 bits per heavy atom. The Bertz CT molecular complexity index is 630. The maximum Gasteiger partial charge on any atom is 0.231 e. The molecule has 3 rings (SSSR count). The van der Waals surface area contributed by atoms with E-state index < -0.39 is 10.0 Å². The minimum atomic E-state index is -3.05. The van der Waals surface area contributed by atoms with Crippen LogP contribution in [0.2, 0.25) is 0 Å². The van der Waals surface area contributed by atoms with E-state index in [9.17, 15) is 8.42 Å². The molecular formula is C15H23ClN2O4S. The number of nitrogens with one attached hydrogen (secondary N) is 1. The number of benzene rings is 1. The highest BCUT2D eigenvalue weighted by Gasteiger charge is 2.26. The van der Waals surface area contributed by atoms with Crippen LogP contribution >= 0.6 is 12.4 Å². The lowest BCUT2D eigenvalue weighted by Crippen LogP contribution is -2.45. The molecule has 8 heteroatoms. The van der Waals surface area contributed by atoms with Crippen molar-refractivity contribution in [1.82, 2.24) is 9.62 Å². The van der Waals surface area contributed by atoms with Crippen LogP contribution in [0.3, 0.4) is 0 Å². The molecule has 1 saturated heterocycles. The fourth-order valence-electron chi connectivity index (χ4n) is 2.90. The van der Waals surface area contributed by atoms with Crippen LogP contribution in [0, 0.1) is 0 Å². The normalized spacial score (nSPS) is 18.7. The first-order valence-corrected chi connectivity index (χ1v) is 9.30. The van der Waals surface area contributed by atoms with Gasteiger partial charge in [-0.2, -0.15) is 0 Å². The summed E-state index contributed by atoms with van der Waals surface area (Å²) >= 11 is 0. The van der Waals surface area contributed by atoms with Crippen LogP contribution in [0.15, 0.2) is 18.2 Å². The smallest absolute Gasteiger partial charge is 0.231 e. The summed E-state index contributed by atoms with van der Waals surface area (Å²) < 4.78 is 36.2. The number of para-hydroxylation sites is 1. The molecule has 0 atom stereocenters. The van der Waals surface area contributed by atoms with Crippen molar-refractivity contribution in [3.63, 3.8) is 0 Å². The Hall–Kier alpha value is -1.02. The van der Waals surface area contributed by atoms with Crippen molar-refractivity contribution in [2.24, 2.45) is 0 Å². The largest absolute Gasteiger partial charge is 0.454 e. The van der Waals surface area contributed by atoms with E-state index in [1.54, 1.807) is 11.2 Å². The van der Waals surface area contributed by atoms with Gasteiger partial charge in [-0.1, -0.05) is 12.1 Å². The molecule has 23 heavy (non-hydrogen) atoms. The van der Waals surface area contributed by atoms with Gasteiger partial charge < -0.3 is 14.8 Å². The van der Waals surface area contributed by atoms with Crippen LogP contribution in [-0.4, -0.2) is 44.4 Å². The number of nitrogens with zero attached hydrogens (tertiary/aromatic N) is 1. The van der Waals surface area contributed by atoms with E-state index in [0.29, 0.717) is 25.7 Å². The van der Waals surface area contributed by atoms with Gasteiger partial charge in [0.15, 0.2) is 11.5 Å². The average Bonchev–Trinajstić information content (AvgIpc) is 3.02. The Morgan fingerprint density at radius 3 is 2.70 bits per heavy atom. The summed E-state index contributed by atoms with van der Waals surface area (Å²) in [6, 6.07) is 6.22. The first-order valence-electron chi connectivity index (χ1n) is 7.69. The molecule has 0 bridgehead atoms. The molecule has 0 aromatic heterocycles. The van der Waals surface area contributed by atoms with Gasteiger partial charge in [0.05, 0.1) is 5.75 Å². The van der Waals surface area contributed by atoms with Crippen LogP contribution in [0.5, 0.6) is 11.5 Å². The van der Waals surface area contributed by atoms with E-state index in [1.807, 2.05) is 18.2 Å². The maximum atomic E-state index is 11.8. The number of hydrogen-bond acceptors (Lipinski definition) is 5. The highest BCUT2D eigenvalue weighted by atomic mass is 35.5. The van der Waals surface area contributed by atoms with Gasteiger partial charge in [-0.3, -0.25) is 0 Å². The summed E-state index contributed by atoms with van der Waals surface area (Å²) in [5.41, 5.74) is 1.08. The third kappa shape index (κ3) is 4.09. The van der Waals surface area contributed by atoms with E-state index in [4.69, 9.17) is 9.47 Å². The fourth-order valence-corrected chi connectivity index (χ4v) is 4.04. The predicted molar refractivity (Wildman–Crippen MR) is 90.7 cm³/mol. The molecular weight excluding hydrogens is 340 g/mol. The summed E-state index contributed by atoms with van der Waals surface area (Å²) in [7, 11) is -3.05. The first kappa shape index (κ1) is 18.3. The molecule has 1 fully saturated rings. The van der Waals surface area contributed by atoms with Crippen molar-refractivity contribution in [2.75, 3.05) is 25.6 Å². The summed E-state index contributed by atoms with van der Waals surface area (Å²) in [4.78, 5) is 0. The molecule has 2 aliphatic heterocycles. The number of piperidine rings is 1. The van der Waals surface area contributed by atoms with Crippen molar-refractivity contribution in [3.05, 3.63) is 23.8 Å². The molecule has 1 aromatic rings. The zero-order valence-corrected chi connectivity index (χ0v) is 14.8. The Morgan fingerprint density at radius 2 is 2.00 bits per heavy atom. The number of hydrogen-bond donors (Lipinski definition) is 1. The van der Waals surface area contributed by atoms with Crippen LogP contribution in [-0.2, 0) is 16.6 Å². The summed E-state index contributed by atoms with van der Waals surface area (Å²) in [5.74, 6) is 1.79. The fraction of sp³-hybridized carbons (Fsp3) is 0.600. The zero-order valence-electron chi connectivity index (χ0n) is 13.2. The molecule has 1 aromatic carbocycles. The Balaban J connectivity index is 0.00000192. The van der Waals surface area contributed by atoms with Gasteiger partial charge in [0.25, 0.3) is 0 Å². The zero-order chi connectivity index (χ0) is 15.6. The van der Waals surface area contributed by atoms with Crippen LogP contribution in [0.4, 0.5) is 0 Å². The van der Waals surface area contributed by atoms with Gasteiger partial charge >= 0.3 is 0 Å². The molecule has 0 amide bonds. The second-order valence-electron chi connectivity index (χ2n) is 5.61. The quantitative estimate of drug-likeness (QED) is 0.864. The number of rotatable bonds is 5. The van der Waals surface area contributed by atoms with Gasteiger partial charge in [0.2, 0.25) is 16.8 Å². The monoisotopic (exact) mass is 362 g/mol. The van der Waals surface area contributed by atoms with Gasteiger partial charge in [0, 0.05) is 31.2 Å². The van der Waals surface area contributed by atoms with E-state index in [0.717, 1.165) is 29.9 Å². The molecule has 2 heterocycles. The number of sulfonamides is 1. The number of fused-ring (bicyclic) bond motifs is 1. The molecule has 6 nitrogen and oxygen atoms in total. The lowest BCUT2D eigenvalue weighted by atomic mass is 10.1. The van der Waals surface area contributed by atoms with Crippen molar-refractivity contribution in [1.29, 1.82) is 0 Å². The summed E-state index contributed by atoms with van der Waals surface area (Å²) in [5, 5.41) is 3.50. The third-order valence-electron chi connectivity index (χ3n) is 4.27. The van der Waals surface area contributed by atoms with E-state index in [1.165, 1.54) is 0 Å². The average molecular weight is 363 g/mol. The molecule has 0 saturated carbocycles. The second-order valence-corrected chi connectivity index (χ2v) is 7.86. The van der Waals surface area contributed by atoms with E-state index >= 15 is 0 Å². The minimum absolute atomic E-state index is 0. The number of ether oxygens (including phenoxy) is 2. The predicted octanol–water partition coefficient (Wildman–Crippen LogP) is 1.74. The van der Waals surface area contributed by atoms with Crippen LogP contribution in [0.25, 0.3) is 0 Å². The van der Waals surface area contributed by atoms with E-state index in [2.05, 4.69) is 5.32 Å². The first-order chi connectivity index (χ1) is 10.6. The molecule has 0 unspecified atom stereocenters. The number of halogens is 1. The second kappa shape index (κ2) is 7.70. The van der Waals surface area contributed by atoms with Crippen molar-refractivity contribution in [3.8, 4) is 11.5 Å². The molecule has 0 aliphatic carbocycles. The lowest BCUT2D eigenvalue weighted by molar-refractivity contribution is 0.173. The Kier molecular flexibility index (Phi) is 6.13. The van der Waals surface area contributed by atoms with Gasteiger partial charge in [-0.05, 0) is 25.8 Å². The molecule has 0 spiro atoms. The highest BCUT2D eigenvalue weighted by Crippen LogP contribution is 2.35. The summed E-state index contributed by atoms with van der Waals surface area (Å²) in [6.07, 6.45) is 1.68. The van der Waals surface area contributed by atoms with Crippen molar-refractivity contribution in [2.45, 2.75) is 32.4 Å². The summed E-state index contributed by atoms with van der Waals surface area (Å²) in [6.45, 7) is 3.87. The molecule has 1 N–H and O–H groups in total. The van der Waals surface area contributed by atoms with Gasteiger partial charge in [-0.15, -0.1) is 12.4 Å². The van der Waals surface area contributed by atoms with Gasteiger partial charge in [0.1, 0.15) is 0 Å². The van der Waals surface area contributed by atoms with Crippen molar-refractivity contribution < 1.29 is 17.9 Å². The van der Waals surface area contributed by atoms with Crippen LogP contribution < -0.4 is 14.8 Å². The molecule has 0 radical (unpaired) electrons. The van der Waals surface area contributed by atoms with E-state index in [-0.39, 0.29) is 25.0 Å². The van der Waals surface area contributed by atoms with Crippen molar-refractivity contribution >= 4 is 22.4 Å². The lowest BCUT2D eigenvalue weighted by Gasteiger charge is -2.31. The Labute approximate surface area is 143 Å². The topological polar surface area (TPSA) is 67.9 Å². The minimum Gasteiger partial charge on any atom is -0.454 e. The molecule has 130 valence electrons.